The first-order valence-electron chi connectivity index (χ1n) is 2.02. The molecule has 0 fully saturated rings. The van der Waals surface area contributed by atoms with E-state index < -0.39 is 0 Å². The first-order valence-corrected chi connectivity index (χ1v) is 2.02. The molecule has 0 spiro atoms. The third kappa shape index (κ3) is 0.193. The molecular formula is C5H2N2. The summed E-state index contributed by atoms with van der Waals surface area (Å²) in [6, 6.07) is 0. The van der Waals surface area contributed by atoms with Crippen LogP contribution in [0.25, 0.3) is 0 Å². The van der Waals surface area contributed by atoms with Crippen molar-refractivity contribution in [2.24, 2.45) is 0 Å². The minimum Gasteiger partial charge on any atom is -0.283 e. The molecule has 0 unspecified atom stereocenters. The fourth-order valence-electron chi connectivity index (χ4n) is 0.545. The smallest absolute Gasteiger partial charge is 0.151 e. The Kier molecular flexibility index (Phi) is 0.291. The zero-order chi connectivity index (χ0) is 4.69. The summed E-state index contributed by atoms with van der Waals surface area (Å²) < 4.78 is 0. The molecule has 7 heavy (non-hydrogen) atoms. The largest absolute Gasteiger partial charge is 0.283 e. The van der Waals surface area contributed by atoms with Gasteiger partial charge in [-0.15, -0.1) is 0 Å². The summed E-state index contributed by atoms with van der Waals surface area (Å²) in [6.45, 7) is 0. The maximum absolute atomic E-state index is 3.80. The Bertz CT molecular complexity index is 226. The number of aromatic nitrogens is 2. The van der Waals surface area contributed by atoms with Gasteiger partial charge in [0.05, 0.1) is 5.56 Å². The third-order valence-corrected chi connectivity index (χ3v) is 0.956. The van der Waals surface area contributed by atoms with Crippen molar-refractivity contribution in [1.29, 1.82) is 0 Å². The standard InChI is InChI=1S/C5H2N2/c1-2-5-4(1)3-6-7-5/h3H,(H,6,7). The van der Waals surface area contributed by atoms with E-state index in [4.69, 9.17) is 0 Å². The first kappa shape index (κ1) is 2.86. The van der Waals surface area contributed by atoms with Crippen LogP contribution in [0.2, 0.25) is 0 Å². The Hall–Kier alpha value is -1.23. The van der Waals surface area contributed by atoms with Crippen molar-refractivity contribution in [2.75, 3.05) is 0 Å². The Balaban J connectivity index is 2.87. The van der Waals surface area contributed by atoms with Gasteiger partial charge in [0, 0.05) is 6.20 Å². The summed E-state index contributed by atoms with van der Waals surface area (Å²) in [4.78, 5) is 0. The molecule has 2 nitrogen and oxygen atoms in total. The second-order valence-electron chi connectivity index (χ2n) is 1.40. The van der Waals surface area contributed by atoms with Gasteiger partial charge < -0.3 is 0 Å². The minimum absolute atomic E-state index is 0.903. The van der Waals surface area contributed by atoms with Gasteiger partial charge in [-0.3, -0.25) is 5.10 Å². The summed E-state index contributed by atoms with van der Waals surface area (Å²) in [5.74, 6) is 5.60. The van der Waals surface area contributed by atoms with Gasteiger partial charge in [0.25, 0.3) is 0 Å². The van der Waals surface area contributed by atoms with Crippen molar-refractivity contribution >= 4 is 0 Å². The number of nitrogens with one attached hydrogen (secondary N) is 1. The maximum atomic E-state index is 3.80. The molecule has 1 aromatic rings. The summed E-state index contributed by atoms with van der Waals surface area (Å²) in [5.41, 5.74) is 1.94. The van der Waals surface area contributed by atoms with E-state index in [1.54, 1.807) is 6.20 Å². The van der Waals surface area contributed by atoms with Crippen molar-refractivity contribution in [3.05, 3.63) is 17.5 Å². The number of hydrogen-bond acceptors (Lipinski definition) is 1. The molecule has 0 aliphatic heterocycles. The molecule has 0 aromatic carbocycles. The van der Waals surface area contributed by atoms with E-state index in [1.165, 1.54) is 0 Å². The molecule has 1 aliphatic rings. The lowest BCUT2D eigenvalue weighted by Crippen LogP contribution is -1.86. The quantitative estimate of drug-likeness (QED) is 0.457. The van der Waals surface area contributed by atoms with Crippen LogP contribution in [0.1, 0.15) is 11.3 Å². The van der Waals surface area contributed by atoms with Crippen molar-refractivity contribution in [3.63, 3.8) is 0 Å². The average Bonchev–Trinajstić information content (AvgIpc) is 1.85. The molecule has 0 saturated heterocycles. The number of aromatic amines is 1. The zero-order valence-corrected chi connectivity index (χ0v) is 3.52. The zero-order valence-electron chi connectivity index (χ0n) is 3.52. The van der Waals surface area contributed by atoms with Crippen LogP contribution >= 0.6 is 0 Å². The predicted molar refractivity (Wildman–Crippen MR) is 24.6 cm³/mol. The second kappa shape index (κ2) is 0.710. The number of nitrogens with zero attached hydrogens (tertiary/aromatic N) is 1. The van der Waals surface area contributed by atoms with Crippen molar-refractivity contribution < 1.29 is 0 Å². The molecule has 1 aromatic heterocycles. The Labute approximate surface area is 40.6 Å². The van der Waals surface area contributed by atoms with E-state index in [0.29, 0.717) is 0 Å². The highest BCUT2D eigenvalue weighted by Gasteiger charge is 2.04. The van der Waals surface area contributed by atoms with E-state index in [0.717, 1.165) is 11.3 Å². The van der Waals surface area contributed by atoms with E-state index in [1.807, 2.05) is 0 Å². The van der Waals surface area contributed by atoms with Crippen LogP contribution in [0.4, 0.5) is 0 Å². The molecular weight excluding hydrogens is 88.1 g/mol. The van der Waals surface area contributed by atoms with Crippen LogP contribution in [0.5, 0.6) is 0 Å². The first-order chi connectivity index (χ1) is 3.47. The highest BCUT2D eigenvalue weighted by Crippen LogP contribution is 2.06. The number of fused-ring (bicyclic) bond motifs is 1. The Morgan fingerprint density at radius 1 is 1.57 bits per heavy atom. The van der Waals surface area contributed by atoms with Gasteiger partial charge in [-0.05, 0) is 5.92 Å². The van der Waals surface area contributed by atoms with Crippen molar-refractivity contribution in [1.82, 2.24) is 10.2 Å². The fraction of sp³-hybridized carbons (Fsp3) is 0. The molecule has 32 valence electrons. The van der Waals surface area contributed by atoms with Gasteiger partial charge in [-0.2, -0.15) is 5.10 Å². The third-order valence-electron chi connectivity index (χ3n) is 0.956. The monoisotopic (exact) mass is 90.0 g/mol. The van der Waals surface area contributed by atoms with Gasteiger partial charge >= 0.3 is 0 Å². The lowest BCUT2D eigenvalue weighted by atomic mass is 10.1. The minimum atomic E-state index is 0.903. The molecule has 0 radical (unpaired) electrons. The SMILES string of the molecule is C1#Cc2n[nH]cc21. The molecule has 2 rings (SSSR count). The van der Waals surface area contributed by atoms with Gasteiger partial charge in [-0.25, -0.2) is 0 Å². The van der Waals surface area contributed by atoms with Crippen molar-refractivity contribution in [3.8, 4) is 11.8 Å². The fourth-order valence-corrected chi connectivity index (χ4v) is 0.545. The molecule has 0 atom stereocenters. The lowest BCUT2D eigenvalue weighted by molar-refractivity contribution is 1.08. The normalized spacial score (nSPS) is 10.9. The number of rotatable bonds is 0. The van der Waals surface area contributed by atoms with E-state index in [2.05, 4.69) is 22.0 Å². The highest BCUT2D eigenvalue weighted by atomic mass is 15.1. The summed E-state index contributed by atoms with van der Waals surface area (Å²) >= 11 is 0. The topological polar surface area (TPSA) is 28.7 Å². The van der Waals surface area contributed by atoms with Crippen LogP contribution < -0.4 is 0 Å². The molecule has 1 N–H and O–H groups in total. The van der Waals surface area contributed by atoms with Gasteiger partial charge in [0.15, 0.2) is 5.69 Å². The average molecular weight is 90.1 g/mol. The molecule has 1 heterocycles. The van der Waals surface area contributed by atoms with Crippen LogP contribution in [-0.2, 0) is 0 Å². The van der Waals surface area contributed by atoms with Crippen LogP contribution in [0.3, 0.4) is 0 Å². The van der Waals surface area contributed by atoms with Crippen LogP contribution in [0, 0.1) is 11.8 Å². The maximum Gasteiger partial charge on any atom is 0.151 e. The molecule has 1 aliphatic carbocycles. The predicted octanol–water partition coefficient (Wildman–Crippen LogP) is 0.123. The lowest BCUT2D eigenvalue weighted by Gasteiger charge is -1.87. The van der Waals surface area contributed by atoms with Crippen molar-refractivity contribution in [2.45, 2.75) is 0 Å². The summed E-state index contributed by atoms with van der Waals surface area (Å²) in [7, 11) is 0. The Morgan fingerprint density at radius 3 is 2.86 bits per heavy atom. The Morgan fingerprint density at radius 2 is 2.57 bits per heavy atom. The van der Waals surface area contributed by atoms with E-state index in [-0.39, 0.29) is 0 Å². The molecule has 2 heteroatoms. The van der Waals surface area contributed by atoms with E-state index >= 15 is 0 Å². The van der Waals surface area contributed by atoms with Gasteiger partial charge in [0.1, 0.15) is 0 Å². The van der Waals surface area contributed by atoms with Gasteiger partial charge in [0.2, 0.25) is 0 Å². The highest BCUT2D eigenvalue weighted by molar-refractivity contribution is 5.55. The summed E-state index contributed by atoms with van der Waals surface area (Å²) in [5, 5.41) is 6.49. The number of hydrogen-bond donors (Lipinski definition) is 1. The number of H-pyrrole nitrogens is 1. The van der Waals surface area contributed by atoms with Crippen LogP contribution in [-0.4, -0.2) is 10.2 Å². The van der Waals surface area contributed by atoms with Crippen LogP contribution in [0.15, 0.2) is 6.20 Å². The summed E-state index contributed by atoms with van der Waals surface area (Å²) in [6.07, 6.45) is 1.80. The molecule has 0 saturated carbocycles. The van der Waals surface area contributed by atoms with E-state index in [9.17, 15) is 0 Å². The van der Waals surface area contributed by atoms with Gasteiger partial charge in [-0.1, -0.05) is 5.92 Å². The second-order valence-corrected chi connectivity index (χ2v) is 1.40. The molecule has 0 bridgehead atoms. The molecule has 0 amide bonds.